The molecular formula is C9H12Cl2O. The smallest absolute Gasteiger partial charge is 0.127 e. The van der Waals surface area contributed by atoms with E-state index in [2.05, 4.69) is 13.8 Å². The van der Waals surface area contributed by atoms with Crippen molar-refractivity contribution in [2.45, 2.75) is 26.7 Å². The van der Waals surface area contributed by atoms with Gasteiger partial charge in [-0.05, 0) is 18.3 Å². The summed E-state index contributed by atoms with van der Waals surface area (Å²) in [7, 11) is 0. The fraction of sp³-hybridized carbons (Fsp3) is 0.667. The molecule has 0 aromatic rings. The van der Waals surface area contributed by atoms with E-state index in [-0.39, 0.29) is 15.3 Å². The van der Waals surface area contributed by atoms with Crippen LogP contribution in [0.5, 0.6) is 0 Å². The number of carbonyl (C=O) groups excluding carboxylic acids is 1. The van der Waals surface area contributed by atoms with Gasteiger partial charge >= 0.3 is 0 Å². The topological polar surface area (TPSA) is 17.1 Å². The molecule has 0 aromatic carbocycles. The number of allylic oxidation sites excluding steroid dienone is 1. The summed E-state index contributed by atoms with van der Waals surface area (Å²) in [5.74, 6) is 0. The predicted molar refractivity (Wildman–Crippen MR) is 51.3 cm³/mol. The fourth-order valence-electron chi connectivity index (χ4n) is 1.60. The second-order valence-corrected chi connectivity index (χ2v) is 5.04. The van der Waals surface area contributed by atoms with Crippen LogP contribution in [0.25, 0.3) is 0 Å². The van der Waals surface area contributed by atoms with Gasteiger partial charge in [0.15, 0.2) is 0 Å². The van der Waals surface area contributed by atoms with Gasteiger partial charge < -0.3 is 4.79 Å². The Morgan fingerprint density at radius 3 is 2.25 bits per heavy atom. The summed E-state index contributed by atoms with van der Waals surface area (Å²) in [5, 5.41) is 0. The highest BCUT2D eigenvalue weighted by atomic mass is 35.5. The van der Waals surface area contributed by atoms with E-state index < -0.39 is 0 Å². The Morgan fingerprint density at radius 1 is 1.50 bits per heavy atom. The van der Waals surface area contributed by atoms with Crippen LogP contribution in [0.4, 0.5) is 0 Å². The summed E-state index contributed by atoms with van der Waals surface area (Å²) in [6.45, 7) is 4.16. The van der Waals surface area contributed by atoms with E-state index in [0.29, 0.717) is 6.42 Å². The highest BCUT2D eigenvalue weighted by Crippen LogP contribution is 2.64. The SMILES string of the molecule is CC1(C)CC1(C=O)CC=C(Cl)Cl. The zero-order valence-electron chi connectivity index (χ0n) is 7.23. The maximum Gasteiger partial charge on any atom is 0.127 e. The average molecular weight is 207 g/mol. The third-order valence-electron chi connectivity index (χ3n) is 2.83. The predicted octanol–water partition coefficient (Wildman–Crippen LogP) is 3.31. The molecule has 0 N–H and O–H groups in total. The Bertz CT molecular complexity index is 229. The van der Waals surface area contributed by atoms with Crippen LogP contribution in [-0.4, -0.2) is 6.29 Å². The Kier molecular flexibility index (Phi) is 2.55. The molecule has 1 nitrogen and oxygen atoms in total. The van der Waals surface area contributed by atoms with Crippen molar-refractivity contribution in [1.82, 2.24) is 0 Å². The number of hydrogen-bond acceptors (Lipinski definition) is 1. The van der Waals surface area contributed by atoms with Crippen molar-refractivity contribution in [2.24, 2.45) is 10.8 Å². The lowest BCUT2D eigenvalue weighted by atomic mass is 9.94. The molecule has 0 heterocycles. The van der Waals surface area contributed by atoms with Gasteiger partial charge in [0.25, 0.3) is 0 Å². The summed E-state index contributed by atoms with van der Waals surface area (Å²) >= 11 is 10.9. The number of hydrogen-bond donors (Lipinski definition) is 0. The summed E-state index contributed by atoms with van der Waals surface area (Å²) < 4.78 is 0.249. The zero-order valence-corrected chi connectivity index (χ0v) is 8.74. The summed E-state index contributed by atoms with van der Waals surface area (Å²) in [6.07, 6.45) is 4.32. The molecule has 0 bridgehead atoms. The molecule has 1 rings (SSSR count). The van der Waals surface area contributed by atoms with Crippen molar-refractivity contribution in [3.63, 3.8) is 0 Å². The molecule has 68 valence electrons. The van der Waals surface area contributed by atoms with E-state index in [4.69, 9.17) is 23.2 Å². The van der Waals surface area contributed by atoms with Crippen LogP contribution in [0.15, 0.2) is 10.6 Å². The number of carbonyl (C=O) groups is 1. The fourth-order valence-corrected chi connectivity index (χ4v) is 1.76. The Balaban J connectivity index is 2.62. The van der Waals surface area contributed by atoms with E-state index in [1.807, 2.05) is 0 Å². The van der Waals surface area contributed by atoms with E-state index in [0.717, 1.165) is 12.7 Å². The molecule has 0 aliphatic heterocycles. The Hall–Kier alpha value is -0.0100. The minimum Gasteiger partial charge on any atom is -0.303 e. The molecule has 0 spiro atoms. The Morgan fingerprint density at radius 2 is 2.00 bits per heavy atom. The first-order valence-electron chi connectivity index (χ1n) is 3.91. The average Bonchev–Trinajstić information content (AvgIpc) is 2.51. The van der Waals surface area contributed by atoms with E-state index >= 15 is 0 Å². The van der Waals surface area contributed by atoms with Crippen molar-refractivity contribution in [1.29, 1.82) is 0 Å². The maximum absolute atomic E-state index is 10.8. The monoisotopic (exact) mass is 206 g/mol. The molecule has 1 saturated carbocycles. The number of aldehydes is 1. The van der Waals surface area contributed by atoms with Crippen LogP contribution in [-0.2, 0) is 4.79 Å². The van der Waals surface area contributed by atoms with Crippen LogP contribution in [0.3, 0.4) is 0 Å². The van der Waals surface area contributed by atoms with Crippen LogP contribution in [0.1, 0.15) is 26.7 Å². The van der Waals surface area contributed by atoms with Gasteiger partial charge in [0.1, 0.15) is 10.8 Å². The molecular weight excluding hydrogens is 195 g/mol. The number of halogens is 2. The van der Waals surface area contributed by atoms with Gasteiger partial charge in [0.05, 0.1) is 0 Å². The molecule has 3 heteroatoms. The quantitative estimate of drug-likeness (QED) is 0.649. The van der Waals surface area contributed by atoms with Crippen LogP contribution in [0.2, 0.25) is 0 Å². The highest BCUT2D eigenvalue weighted by Gasteiger charge is 2.60. The third kappa shape index (κ3) is 1.67. The van der Waals surface area contributed by atoms with Gasteiger partial charge in [-0.3, -0.25) is 0 Å². The van der Waals surface area contributed by atoms with E-state index in [1.165, 1.54) is 0 Å². The van der Waals surface area contributed by atoms with Gasteiger partial charge in [-0.1, -0.05) is 43.1 Å². The van der Waals surface area contributed by atoms with Crippen LogP contribution in [0, 0.1) is 10.8 Å². The largest absolute Gasteiger partial charge is 0.303 e. The lowest BCUT2D eigenvalue weighted by Crippen LogP contribution is -2.09. The standard InChI is InChI=1S/C9H12Cl2O/c1-8(2)5-9(8,6-12)4-3-7(10)11/h3,6H,4-5H2,1-2H3. The van der Waals surface area contributed by atoms with Gasteiger partial charge in [-0.15, -0.1) is 0 Å². The minimum absolute atomic E-state index is 0.120. The molecule has 1 aliphatic carbocycles. The lowest BCUT2D eigenvalue weighted by molar-refractivity contribution is -0.113. The second kappa shape index (κ2) is 3.04. The molecule has 0 aromatic heterocycles. The third-order valence-corrected chi connectivity index (χ3v) is 3.14. The maximum atomic E-state index is 10.8. The van der Waals surface area contributed by atoms with Gasteiger partial charge in [0.2, 0.25) is 0 Å². The zero-order chi connectivity index (χ0) is 9.41. The van der Waals surface area contributed by atoms with Crippen molar-refractivity contribution in [3.8, 4) is 0 Å². The van der Waals surface area contributed by atoms with Crippen molar-refractivity contribution >= 4 is 29.5 Å². The Labute approximate surface area is 82.7 Å². The van der Waals surface area contributed by atoms with Gasteiger partial charge in [-0.25, -0.2) is 0 Å². The molecule has 12 heavy (non-hydrogen) atoms. The molecule has 1 fully saturated rings. The van der Waals surface area contributed by atoms with Crippen molar-refractivity contribution in [3.05, 3.63) is 10.6 Å². The van der Waals surface area contributed by atoms with Crippen LogP contribution < -0.4 is 0 Å². The summed E-state index contributed by atoms with van der Waals surface area (Å²) in [4.78, 5) is 10.8. The van der Waals surface area contributed by atoms with Crippen molar-refractivity contribution < 1.29 is 4.79 Å². The first-order valence-corrected chi connectivity index (χ1v) is 4.67. The lowest BCUT2D eigenvalue weighted by Gasteiger charge is -2.09. The molecule has 0 amide bonds. The van der Waals surface area contributed by atoms with Gasteiger partial charge in [0, 0.05) is 5.41 Å². The normalized spacial score (nSPS) is 31.0. The molecule has 1 unspecified atom stereocenters. The van der Waals surface area contributed by atoms with E-state index in [9.17, 15) is 4.79 Å². The first-order chi connectivity index (χ1) is 5.43. The molecule has 0 radical (unpaired) electrons. The van der Waals surface area contributed by atoms with Crippen LogP contribution >= 0.6 is 23.2 Å². The highest BCUT2D eigenvalue weighted by molar-refractivity contribution is 6.55. The second-order valence-electron chi connectivity index (χ2n) is 4.03. The molecule has 1 atom stereocenters. The summed E-state index contributed by atoms with van der Waals surface area (Å²) in [6, 6.07) is 0. The van der Waals surface area contributed by atoms with E-state index in [1.54, 1.807) is 6.08 Å². The number of rotatable bonds is 3. The van der Waals surface area contributed by atoms with Crippen molar-refractivity contribution in [2.75, 3.05) is 0 Å². The van der Waals surface area contributed by atoms with Gasteiger partial charge in [-0.2, -0.15) is 0 Å². The minimum atomic E-state index is -0.206. The summed E-state index contributed by atoms with van der Waals surface area (Å²) in [5.41, 5.74) is -0.0868. The molecule has 0 saturated heterocycles. The first kappa shape index (κ1) is 10.1. The molecule has 1 aliphatic rings.